The number of hydrogen-bond acceptors (Lipinski definition) is 4. The third-order valence-electron chi connectivity index (χ3n) is 5.57. The van der Waals surface area contributed by atoms with Gasteiger partial charge in [-0.2, -0.15) is 8.78 Å². The molecule has 2 heterocycles. The molecule has 0 aliphatic carbocycles. The van der Waals surface area contributed by atoms with Crippen LogP contribution in [0, 0.1) is 0 Å². The highest BCUT2D eigenvalue weighted by Gasteiger charge is 2.26. The molecule has 2 aliphatic heterocycles. The topological polar surface area (TPSA) is 52.1 Å². The minimum Gasteiger partial charge on any atom is -0.433 e. The van der Waals surface area contributed by atoms with Gasteiger partial charge in [-0.25, -0.2) is 0 Å². The summed E-state index contributed by atoms with van der Waals surface area (Å²) in [6, 6.07) is 7.18. The van der Waals surface area contributed by atoms with Gasteiger partial charge in [0.2, 0.25) is 0 Å². The summed E-state index contributed by atoms with van der Waals surface area (Å²) in [4.78, 5) is 8.94. The lowest BCUT2D eigenvalue weighted by Gasteiger charge is -2.22. The Morgan fingerprint density at radius 2 is 2.00 bits per heavy atom. The fourth-order valence-electron chi connectivity index (χ4n) is 4.07. The zero-order chi connectivity index (χ0) is 20.5. The Labute approximate surface area is 172 Å². The zero-order valence-corrected chi connectivity index (χ0v) is 17.2. The van der Waals surface area contributed by atoms with Crippen molar-refractivity contribution in [2.75, 3.05) is 51.2 Å². The van der Waals surface area contributed by atoms with Crippen LogP contribution >= 0.6 is 0 Å². The molecular formula is C21H33F2N5O. The summed E-state index contributed by atoms with van der Waals surface area (Å²) in [7, 11) is 1.78. The van der Waals surface area contributed by atoms with E-state index in [1.54, 1.807) is 19.2 Å². The molecule has 0 aromatic heterocycles. The molecule has 0 bridgehead atoms. The van der Waals surface area contributed by atoms with E-state index in [2.05, 4.69) is 30.2 Å². The van der Waals surface area contributed by atoms with Crippen molar-refractivity contribution in [1.29, 1.82) is 0 Å². The number of anilines is 1. The molecule has 2 saturated heterocycles. The summed E-state index contributed by atoms with van der Waals surface area (Å²) in [5, 5.41) is 6.85. The van der Waals surface area contributed by atoms with Crippen molar-refractivity contribution in [3.05, 3.63) is 24.3 Å². The van der Waals surface area contributed by atoms with Gasteiger partial charge in [-0.3, -0.25) is 4.99 Å². The first-order valence-corrected chi connectivity index (χ1v) is 10.6. The Hall–Kier alpha value is -2.09. The van der Waals surface area contributed by atoms with Crippen LogP contribution in [0.5, 0.6) is 5.75 Å². The molecule has 0 radical (unpaired) electrons. The molecule has 2 fully saturated rings. The second-order valence-corrected chi connectivity index (χ2v) is 7.68. The van der Waals surface area contributed by atoms with Crippen LogP contribution in [0.3, 0.4) is 0 Å². The first kappa shape index (κ1) is 21.6. The Morgan fingerprint density at radius 3 is 2.76 bits per heavy atom. The fourth-order valence-corrected chi connectivity index (χ4v) is 4.07. The third kappa shape index (κ3) is 6.73. The number of ether oxygens (including phenoxy) is 1. The zero-order valence-electron chi connectivity index (χ0n) is 17.2. The number of halogens is 2. The monoisotopic (exact) mass is 409 g/mol. The van der Waals surface area contributed by atoms with Gasteiger partial charge in [0.15, 0.2) is 5.96 Å². The van der Waals surface area contributed by atoms with Crippen molar-refractivity contribution in [1.82, 2.24) is 15.5 Å². The quantitative estimate of drug-likeness (QED) is 0.373. The number of nitrogens with zero attached hydrogens (tertiary/aromatic N) is 3. The molecular weight excluding hydrogens is 376 g/mol. The maximum Gasteiger partial charge on any atom is 0.387 e. The van der Waals surface area contributed by atoms with Crippen molar-refractivity contribution in [2.45, 2.75) is 44.8 Å². The van der Waals surface area contributed by atoms with E-state index in [1.165, 1.54) is 38.9 Å². The number of rotatable bonds is 9. The van der Waals surface area contributed by atoms with Crippen LogP contribution < -0.4 is 20.3 Å². The van der Waals surface area contributed by atoms with Crippen LogP contribution in [0.4, 0.5) is 14.5 Å². The lowest BCUT2D eigenvalue weighted by atomic mass is 10.2. The van der Waals surface area contributed by atoms with Gasteiger partial charge in [-0.1, -0.05) is 12.1 Å². The number of guanidine groups is 1. The summed E-state index contributed by atoms with van der Waals surface area (Å²) >= 11 is 0. The van der Waals surface area contributed by atoms with E-state index in [-0.39, 0.29) is 11.8 Å². The molecule has 29 heavy (non-hydrogen) atoms. The van der Waals surface area contributed by atoms with Gasteiger partial charge in [0.05, 0.1) is 5.69 Å². The Balaban J connectivity index is 1.40. The van der Waals surface area contributed by atoms with E-state index >= 15 is 0 Å². The molecule has 1 unspecified atom stereocenters. The van der Waals surface area contributed by atoms with E-state index in [4.69, 9.17) is 0 Å². The number of aliphatic imine (C=N–C) groups is 1. The second kappa shape index (κ2) is 11.2. The number of alkyl halides is 2. The molecule has 0 amide bonds. The molecule has 0 spiro atoms. The van der Waals surface area contributed by atoms with E-state index in [0.29, 0.717) is 5.69 Å². The Kier molecular flexibility index (Phi) is 8.34. The number of likely N-dealkylation sites (tertiary alicyclic amines) is 1. The molecule has 8 heteroatoms. The second-order valence-electron chi connectivity index (χ2n) is 7.68. The minimum absolute atomic E-state index is 0.213. The molecule has 0 saturated carbocycles. The molecule has 2 N–H and O–H groups in total. The molecule has 1 aromatic carbocycles. The van der Waals surface area contributed by atoms with E-state index < -0.39 is 6.61 Å². The van der Waals surface area contributed by atoms with Crippen molar-refractivity contribution in [3.63, 3.8) is 0 Å². The summed E-state index contributed by atoms with van der Waals surface area (Å²) in [5.74, 6) is 1.03. The lowest BCUT2D eigenvalue weighted by Crippen LogP contribution is -2.45. The molecule has 3 rings (SSSR count). The number of para-hydroxylation sites is 2. The van der Waals surface area contributed by atoms with Crippen LogP contribution in [0.1, 0.15) is 32.1 Å². The Bertz CT molecular complexity index is 652. The van der Waals surface area contributed by atoms with Gasteiger partial charge in [-0.05, 0) is 63.9 Å². The fraction of sp³-hybridized carbons (Fsp3) is 0.667. The molecule has 162 valence electrons. The number of nitrogens with one attached hydrogen (secondary N) is 2. The summed E-state index contributed by atoms with van der Waals surface area (Å²) in [6.45, 7) is 3.27. The van der Waals surface area contributed by atoms with Gasteiger partial charge < -0.3 is 25.2 Å². The average Bonchev–Trinajstić information content (AvgIpc) is 3.39. The van der Waals surface area contributed by atoms with Gasteiger partial charge in [0, 0.05) is 32.7 Å². The predicted octanol–water partition coefficient (Wildman–Crippen LogP) is 2.91. The standard InChI is InChI=1S/C21H33F2N5O/c1-24-21(25-11-4-5-12-27-13-6-7-14-27)26-17-10-15-28(16-17)18-8-2-3-9-19(18)29-20(22)23/h2-3,8-9,17,20H,4-7,10-16H2,1H3,(H2,24,25,26). The SMILES string of the molecule is CN=C(NCCCCN1CCCC1)NC1CCN(c2ccccc2OC(F)F)C1. The molecule has 1 atom stereocenters. The highest BCUT2D eigenvalue weighted by molar-refractivity contribution is 5.80. The van der Waals surface area contributed by atoms with Gasteiger partial charge in [0.1, 0.15) is 5.75 Å². The van der Waals surface area contributed by atoms with Crippen LogP contribution in [0.2, 0.25) is 0 Å². The van der Waals surface area contributed by atoms with Gasteiger partial charge >= 0.3 is 6.61 Å². The first-order valence-electron chi connectivity index (χ1n) is 10.6. The first-order chi connectivity index (χ1) is 14.2. The summed E-state index contributed by atoms with van der Waals surface area (Å²) in [6.07, 6.45) is 5.91. The normalized spacial score (nSPS) is 20.5. The van der Waals surface area contributed by atoms with Gasteiger partial charge in [-0.15, -0.1) is 0 Å². The van der Waals surface area contributed by atoms with Crippen molar-refractivity contribution >= 4 is 11.6 Å². The number of hydrogen-bond donors (Lipinski definition) is 2. The van der Waals surface area contributed by atoms with E-state index in [9.17, 15) is 8.78 Å². The predicted molar refractivity (Wildman–Crippen MR) is 113 cm³/mol. The third-order valence-corrected chi connectivity index (χ3v) is 5.57. The highest BCUT2D eigenvalue weighted by Crippen LogP contribution is 2.31. The smallest absolute Gasteiger partial charge is 0.387 e. The lowest BCUT2D eigenvalue weighted by molar-refractivity contribution is -0.0495. The molecule has 1 aromatic rings. The molecule has 6 nitrogen and oxygen atoms in total. The Morgan fingerprint density at radius 1 is 1.21 bits per heavy atom. The number of unbranched alkanes of at least 4 members (excludes halogenated alkanes) is 1. The minimum atomic E-state index is -2.82. The largest absolute Gasteiger partial charge is 0.433 e. The van der Waals surface area contributed by atoms with Crippen molar-refractivity contribution in [3.8, 4) is 5.75 Å². The number of benzene rings is 1. The van der Waals surface area contributed by atoms with Crippen molar-refractivity contribution < 1.29 is 13.5 Å². The van der Waals surface area contributed by atoms with Crippen LogP contribution in [-0.4, -0.2) is 69.8 Å². The average molecular weight is 410 g/mol. The molecule has 2 aliphatic rings. The summed E-state index contributed by atoms with van der Waals surface area (Å²) in [5.41, 5.74) is 0.710. The van der Waals surface area contributed by atoms with Gasteiger partial charge in [0.25, 0.3) is 0 Å². The van der Waals surface area contributed by atoms with Crippen LogP contribution in [-0.2, 0) is 0 Å². The van der Waals surface area contributed by atoms with Crippen LogP contribution in [0.25, 0.3) is 0 Å². The maximum atomic E-state index is 12.7. The maximum absolute atomic E-state index is 12.7. The van der Waals surface area contributed by atoms with Crippen molar-refractivity contribution in [2.24, 2.45) is 4.99 Å². The van der Waals surface area contributed by atoms with E-state index in [0.717, 1.165) is 38.4 Å². The highest BCUT2D eigenvalue weighted by atomic mass is 19.3. The summed E-state index contributed by atoms with van der Waals surface area (Å²) < 4.78 is 30.0. The van der Waals surface area contributed by atoms with Crippen LogP contribution in [0.15, 0.2) is 29.3 Å². The van der Waals surface area contributed by atoms with E-state index in [1.807, 2.05) is 12.1 Å².